The first kappa shape index (κ1) is 28.4. The highest BCUT2D eigenvalue weighted by atomic mass is 16.5. The monoisotopic (exact) mass is 528 g/mol. The van der Waals surface area contributed by atoms with E-state index in [9.17, 15) is 19.5 Å². The van der Waals surface area contributed by atoms with Gasteiger partial charge in [-0.1, -0.05) is 20.8 Å². The molecule has 3 amide bonds. The van der Waals surface area contributed by atoms with E-state index in [4.69, 9.17) is 4.74 Å². The number of hydrogen-bond acceptors (Lipinski definition) is 6. The molecule has 38 heavy (non-hydrogen) atoms. The van der Waals surface area contributed by atoms with Gasteiger partial charge in [-0.3, -0.25) is 14.4 Å². The van der Waals surface area contributed by atoms with Crippen molar-refractivity contribution in [3.63, 3.8) is 0 Å². The fourth-order valence-electron chi connectivity index (χ4n) is 7.10. The molecule has 0 radical (unpaired) electrons. The highest BCUT2D eigenvalue weighted by molar-refractivity contribution is 6.04. The molecule has 3 saturated heterocycles. The Bertz CT molecular complexity index is 1040. The molecule has 1 aromatic rings. The van der Waals surface area contributed by atoms with Crippen molar-refractivity contribution >= 4 is 29.1 Å². The summed E-state index contributed by atoms with van der Waals surface area (Å²) in [5, 5.41) is 16.2. The maximum Gasteiger partial charge on any atom is 0.250 e. The van der Waals surface area contributed by atoms with Crippen LogP contribution in [0.1, 0.15) is 60.8 Å². The first-order valence-electron chi connectivity index (χ1n) is 14.2. The number of nitrogens with zero attached hydrogens (tertiary/aromatic N) is 2. The van der Waals surface area contributed by atoms with Gasteiger partial charge < -0.3 is 30.3 Å². The Morgan fingerprint density at radius 2 is 1.82 bits per heavy atom. The van der Waals surface area contributed by atoms with Gasteiger partial charge in [0.05, 0.1) is 30.1 Å². The Morgan fingerprint density at radius 3 is 2.37 bits per heavy atom. The Balaban J connectivity index is 1.71. The molecule has 0 aromatic heterocycles. The van der Waals surface area contributed by atoms with E-state index in [1.807, 2.05) is 52.0 Å². The number of carbonyl (C=O) groups excluding carboxylic acids is 3. The van der Waals surface area contributed by atoms with Gasteiger partial charge in [0.25, 0.3) is 0 Å². The van der Waals surface area contributed by atoms with Crippen LogP contribution in [0.25, 0.3) is 0 Å². The van der Waals surface area contributed by atoms with E-state index in [0.29, 0.717) is 25.1 Å². The number of aliphatic hydroxyl groups is 1. The van der Waals surface area contributed by atoms with Crippen molar-refractivity contribution in [2.45, 2.75) is 84.1 Å². The van der Waals surface area contributed by atoms with Crippen LogP contribution in [0.3, 0.4) is 0 Å². The molecule has 3 heterocycles. The van der Waals surface area contributed by atoms with Gasteiger partial charge in [0.2, 0.25) is 17.7 Å². The largest absolute Gasteiger partial charge is 0.394 e. The van der Waals surface area contributed by atoms with Crippen molar-refractivity contribution in [3.05, 3.63) is 24.3 Å². The Morgan fingerprint density at radius 1 is 1.16 bits per heavy atom. The minimum absolute atomic E-state index is 0.0262. The van der Waals surface area contributed by atoms with Gasteiger partial charge in [0, 0.05) is 31.0 Å². The maximum absolute atomic E-state index is 14.1. The van der Waals surface area contributed by atoms with Gasteiger partial charge in [-0.2, -0.15) is 0 Å². The lowest BCUT2D eigenvalue weighted by molar-refractivity contribution is -0.149. The fourth-order valence-corrected chi connectivity index (χ4v) is 7.10. The van der Waals surface area contributed by atoms with Crippen LogP contribution in [-0.2, 0) is 19.1 Å². The fraction of sp³-hybridized carbons (Fsp3) is 0.690. The predicted octanol–water partition coefficient (Wildman–Crippen LogP) is 2.78. The number of carbonyl (C=O) groups is 3. The molecule has 4 rings (SSSR count). The third-order valence-corrected chi connectivity index (χ3v) is 9.17. The topological polar surface area (TPSA) is 111 Å². The van der Waals surface area contributed by atoms with Crippen LogP contribution in [0.4, 0.5) is 11.4 Å². The first-order chi connectivity index (χ1) is 18.1. The highest BCUT2D eigenvalue weighted by Crippen LogP contribution is 2.65. The summed E-state index contributed by atoms with van der Waals surface area (Å²) in [5.74, 6) is -2.34. The second-order valence-electron chi connectivity index (χ2n) is 11.2. The minimum atomic E-state index is -1.13. The van der Waals surface area contributed by atoms with Gasteiger partial charge >= 0.3 is 0 Å². The Hall–Kier alpha value is -2.65. The summed E-state index contributed by atoms with van der Waals surface area (Å²) in [6.07, 6.45) is 1.75. The lowest BCUT2D eigenvalue weighted by Gasteiger charge is -2.36. The van der Waals surface area contributed by atoms with E-state index >= 15 is 0 Å². The lowest BCUT2D eigenvalue weighted by atomic mass is 9.62. The molecular weight excluding hydrogens is 484 g/mol. The van der Waals surface area contributed by atoms with Crippen molar-refractivity contribution < 1.29 is 24.2 Å². The van der Waals surface area contributed by atoms with E-state index in [-0.39, 0.29) is 30.2 Å². The standard InChI is InChI=1S/C29H44N4O5/c1-7-15-30-25(35)22-23-27(37)33(20(8-2)17-34)24(29(23)16-18(5)28(22,6)38-29)26(36)31-19-11-13-21(14-12-19)32(9-3)10-4/h11-14,18,20,22-24,34H,7-10,15-17H2,1-6H3,(H,30,35)(H,31,36)/t18?,20-,22+,23-,24?,28-,29?/m0/s1. The summed E-state index contributed by atoms with van der Waals surface area (Å²) < 4.78 is 6.72. The van der Waals surface area contributed by atoms with Gasteiger partial charge in [0.15, 0.2) is 0 Å². The molecule has 3 unspecified atom stereocenters. The molecule has 1 aromatic carbocycles. The molecule has 3 aliphatic rings. The van der Waals surface area contributed by atoms with Gasteiger partial charge in [0.1, 0.15) is 11.6 Å². The number of aliphatic hydroxyl groups excluding tert-OH is 1. The lowest BCUT2D eigenvalue weighted by Crippen LogP contribution is -2.56. The summed E-state index contributed by atoms with van der Waals surface area (Å²) >= 11 is 0. The van der Waals surface area contributed by atoms with E-state index in [2.05, 4.69) is 29.4 Å². The second-order valence-corrected chi connectivity index (χ2v) is 11.2. The first-order valence-corrected chi connectivity index (χ1v) is 14.2. The molecule has 0 aliphatic carbocycles. The predicted molar refractivity (Wildman–Crippen MR) is 147 cm³/mol. The average molecular weight is 529 g/mol. The number of hydrogen-bond donors (Lipinski definition) is 3. The zero-order valence-electron chi connectivity index (χ0n) is 23.6. The number of fused-ring (bicyclic) bond motifs is 1. The van der Waals surface area contributed by atoms with E-state index in [1.54, 1.807) is 0 Å². The quantitative estimate of drug-likeness (QED) is 0.407. The number of nitrogens with one attached hydrogen (secondary N) is 2. The van der Waals surface area contributed by atoms with Crippen molar-refractivity contribution in [1.29, 1.82) is 0 Å². The number of likely N-dealkylation sites (tertiary alicyclic amines) is 1. The Labute approximate surface area is 226 Å². The van der Waals surface area contributed by atoms with Gasteiger partial charge in [-0.25, -0.2) is 0 Å². The van der Waals surface area contributed by atoms with Crippen LogP contribution in [0.5, 0.6) is 0 Å². The van der Waals surface area contributed by atoms with Crippen molar-refractivity contribution in [2.75, 3.05) is 36.5 Å². The van der Waals surface area contributed by atoms with Crippen LogP contribution in [0, 0.1) is 17.8 Å². The molecule has 0 saturated carbocycles. The number of anilines is 2. The smallest absolute Gasteiger partial charge is 0.250 e. The summed E-state index contributed by atoms with van der Waals surface area (Å²) in [7, 11) is 0. The van der Waals surface area contributed by atoms with Crippen LogP contribution >= 0.6 is 0 Å². The SMILES string of the molecule is CCCNC(=O)[C@H]1[C@H]2C(=O)N([C@@H](CC)CO)C(C(=O)Nc3ccc(N(CC)CC)cc3)C23CC(C)[C@]1(C)O3. The second kappa shape index (κ2) is 10.8. The molecule has 9 heteroatoms. The summed E-state index contributed by atoms with van der Waals surface area (Å²) in [6.45, 7) is 14.0. The summed E-state index contributed by atoms with van der Waals surface area (Å²) in [6, 6.07) is 6.17. The summed E-state index contributed by atoms with van der Waals surface area (Å²) in [5.41, 5.74) is -0.294. The molecule has 3 fully saturated rings. The summed E-state index contributed by atoms with van der Waals surface area (Å²) in [4.78, 5) is 45.3. The van der Waals surface area contributed by atoms with Gasteiger partial charge in [-0.05, 0) is 70.2 Å². The highest BCUT2D eigenvalue weighted by Gasteiger charge is 2.80. The van der Waals surface area contributed by atoms with E-state index in [0.717, 1.165) is 25.2 Å². The number of ether oxygens (including phenoxy) is 1. The molecule has 210 valence electrons. The van der Waals surface area contributed by atoms with Crippen molar-refractivity contribution in [2.24, 2.45) is 17.8 Å². The van der Waals surface area contributed by atoms with E-state index in [1.165, 1.54) is 4.90 Å². The zero-order chi connectivity index (χ0) is 27.8. The number of benzene rings is 1. The number of rotatable bonds is 11. The van der Waals surface area contributed by atoms with Crippen LogP contribution in [0.15, 0.2) is 24.3 Å². The zero-order valence-corrected chi connectivity index (χ0v) is 23.6. The molecular formula is C29H44N4O5. The minimum Gasteiger partial charge on any atom is -0.394 e. The molecule has 2 bridgehead atoms. The third kappa shape index (κ3) is 4.28. The van der Waals surface area contributed by atoms with Crippen molar-refractivity contribution in [1.82, 2.24) is 10.2 Å². The third-order valence-electron chi connectivity index (χ3n) is 9.17. The average Bonchev–Trinajstić information content (AvgIpc) is 3.42. The Kier molecular flexibility index (Phi) is 8.09. The normalized spacial score (nSPS) is 32.3. The van der Waals surface area contributed by atoms with Crippen LogP contribution < -0.4 is 15.5 Å². The number of amides is 3. The van der Waals surface area contributed by atoms with Gasteiger partial charge in [-0.15, -0.1) is 0 Å². The molecule has 9 nitrogen and oxygen atoms in total. The molecule has 3 N–H and O–H groups in total. The molecule has 1 spiro atoms. The molecule has 7 atom stereocenters. The molecule has 3 aliphatic heterocycles. The maximum atomic E-state index is 14.1. The van der Waals surface area contributed by atoms with E-state index < -0.39 is 35.1 Å². The van der Waals surface area contributed by atoms with Crippen molar-refractivity contribution in [3.8, 4) is 0 Å². The van der Waals surface area contributed by atoms with Crippen LogP contribution in [-0.4, -0.2) is 77.3 Å². The van der Waals surface area contributed by atoms with Crippen LogP contribution in [0.2, 0.25) is 0 Å².